The minimum absolute atomic E-state index is 0.208. The second kappa shape index (κ2) is 9.91. The van der Waals surface area contributed by atoms with Crippen LogP contribution in [-0.2, 0) is 11.3 Å². The number of carboxylic acid groups (broad SMARTS) is 1. The van der Waals surface area contributed by atoms with Gasteiger partial charge in [-0.2, -0.15) is 5.10 Å². The van der Waals surface area contributed by atoms with Crippen molar-refractivity contribution in [3.8, 4) is 11.3 Å². The number of benzene rings is 2. The smallest absolute Gasteiger partial charge is 0.305 e. The molecule has 4 aromatic rings. The highest BCUT2D eigenvalue weighted by molar-refractivity contribution is 5.95. The molecule has 0 bridgehead atoms. The summed E-state index contributed by atoms with van der Waals surface area (Å²) in [5.74, 6) is -1.34. The molecule has 0 saturated carbocycles. The first-order valence-corrected chi connectivity index (χ1v) is 10.6. The fourth-order valence-electron chi connectivity index (χ4n) is 3.72. The topological polar surface area (TPSA) is 97.1 Å². The first kappa shape index (κ1) is 22.0. The van der Waals surface area contributed by atoms with E-state index in [1.165, 1.54) is 0 Å². The number of carbonyl (C=O) groups excluding carboxylic acids is 1. The van der Waals surface area contributed by atoms with Crippen LogP contribution in [-0.4, -0.2) is 31.7 Å². The third-order valence-electron chi connectivity index (χ3n) is 5.39. The molecule has 33 heavy (non-hydrogen) atoms. The maximum absolute atomic E-state index is 13.0. The van der Waals surface area contributed by atoms with Gasteiger partial charge in [0, 0.05) is 23.5 Å². The largest absolute Gasteiger partial charge is 0.481 e. The molecule has 0 aliphatic rings. The van der Waals surface area contributed by atoms with Crippen LogP contribution in [0.2, 0.25) is 0 Å². The van der Waals surface area contributed by atoms with E-state index in [2.05, 4.69) is 15.4 Å². The standard InChI is InChI=1S/C26H24N4O3/c1-18-7-5-6-10-22(18)24(14-25(31)32)29-26(33)20-11-12-27-23(13-20)21-15-28-30(17-21)16-19-8-3-2-4-9-19/h2-13,15,17,24H,14,16H2,1H3,(H,29,33)(H,31,32)/t24-/m0/s1. The predicted octanol–water partition coefficient (Wildman–Crippen LogP) is 4.25. The van der Waals surface area contributed by atoms with Crippen LogP contribution in [0.3, 0.4) is 0 Å². The van der Waals surface area contributed by atoms with E-state index in [1.807, 2.05) is 72.4 Å². The van der Waals surface area contributed by atoms with Gasteiger partial charge >= 0.3 is 5.97 Å². The normalized spacial score (nSPS) is 11.7. The Labute approximate surface area is 191 Å². The van der Waals surface area contributed by atoms with Crippen molar-refractivity contribution in [2.24, 2.45) is 0 Å². The predicted molar refractivity (Wildman–Crippen MR) is 125 cm³/mol. The van der Waals surface area contributed by atoms with Crippen molar-refractivity contribution in [1.29, 1.82) is 0 Å². The summed E-state index contributed by atoms with van der Waals surface area (Å²) >= 11 is 0. The lowest BCUT2D eigenvalue weighted by Crippen LogP contribution is -2.30. The van der Waals surface area contributed by atoms with Gasteiger partial charge in [0.05, 0.1) is 30.9 Å². The van der Waals surface area contributed by atoms with E-state index in [0.717, 1.165) is 22.3 Å². The van der Waals surface area contributed by atoms with Gasteiger partial charge in [-0.3, -0.25) is 19.3 Å². The molecular weight excluding hydrogens is 416 g/mol. The molecule has 0 spiro atoms. The number of hydrogen-bond acceptors (Lipinski definition) is 4. The molecule has 0 fully saturated rings. The van der Waals surface area contributed by atoms with E-state index < -0.39 is 12.0 Å². The Balaban J connectivity index is 1.53. The molecule has 7 heteroatoms. The Morgan fingerprint density at radius 3 is 2.58 bits per heavy atom. The van der Waals surface area contributed by atoms with Crippen LogP contribution < -0.4 is 5.32 Å². The van der Waals surface area contributed by atoms with Crippen molar-refractivity contribution < 1.29 is 14.7 Å². The highest BCUT2D eigenvalue weighted by Gasteiger charge is 2.21. The third kappa shape index (κ3) is 5.51. The fourth-order valence-corrected chi connectivity index (χ4v) is 3.72. The van der Waals surface area contributed by atoms with E-state index in [4.69, 9.17) is 0 Å². The molecule has 166 valence electrons. The molecule has 7 nitrogen and oxygen atoms in total. The summed E-state index contributed by atoms with van der Waals surface area (Å²) in [4.78, 5) is 28.8. The fraction of sp³-hybridized carbons (Fsp3) is 0.154. The molecule has 2 aromatic heterocycles. The molecule has 0 aliphatic carbocycles. The summed E-state index contributed by atoms with van der Waals surface area (Å²) in [5, 5.41) is 16.6. The van der Waals surface area contributed by atoms with Gasteiger partial charge in [-0.1, -0.05) is 54.6 Å². The SMILES string of the molecule is Cc1ccccc1[C@H](CC(=O)O)NC(=O)c1ccnc(-c2cnn(Cc3ccccc3)c2)c1. The van der Waals surface area contributed by atoms with Crippen LogP contribution >= 0.6 is 0 Å². The summed E-state index contributed by atoms with van der Waals surface area (Å²) in [5.41, 5.74) is 4.65. The zero-order valence-corrected chi connectivity index (χ0v) is 18.2. The average Bonchev–Trinajstić information content (AvgIpc) is 3.28. The number of aliphatic carboxylic acids is 1. The van der Waals surface area contributed by atoms with Gasteiger partial charge < -0.3 is 10.4 Å². The maximum atomic E-state index is 13.0. The number of carbonyl (C=O) groups is 2. The number of pyridine rings is 1. The van der Waals surface area contributed by atoms with Gasteiger partial charge in [0.25, 0.3) is 5.91 Å². The van der Waals surface area contributed by atoms with Crippen molar-refractivity contribution in [2.75, 3.05) is 0 Å². The second-order valence-electron chi connectivity index (χ2n) is 7.82. The molecule has 2 heterocycles. The number of hydrogen-bond donors (Lipinski definition) is 2. The zero-order chi connectivity index (χ0) is 23.2. The molecule has 1 amide bonds. The van der Waals surface area contributed by atoms with Crippen molar-refractivity contribution in [2.45, 2.75) is 25.9 Å². The Bertz CT molecular complexity index is 1270. The molecular formula is C26H24N4O3. The Kier molecular flexibility index (Phi) is 6.59. The van der Waals surface area contributed by atoms with E-state index in [9.17, 15) is 14.7 Å². The lowest BCUT2D eigenvalue weighted by Gasteiger charge is -2.19. The van der Waals surface area contributed by atoms with Gasteiger partial charge in [0.15, 0.2) is 0 Å². The van der Waals surface area contributed by atoms with Crippen LogP contribution in [0.15, 0.2) is 85.3 Å². The number of aryl methyl sites for hydroxylation is 1. The molecule has 0 saturated heterocycles. The number of nitrogens with zero attached hydrogens (tertiary/aromatic N) is 3. The van der Waals surface area contributed by atoms with E-state index in [-0.39, 0.29) is 12.3 Å². The first-order valence-electron chi connectivity index (χ1n) is 10.6. The van der Waals surface area contributed by atoms with Gasteiger partial charge in [-0.25, -0.2) is 0 Å². The number of rotatable bonds is 8. The molecule has 0 unspecified atom stereocenters. The number of amides is 1. The molecule has 4 rings (SSSR count). The number of nitrogens with one attached hydrogen (secondary N) is 1. The summed E-state index contributed by atoms with van der Waals surface area (Å²) in [6.07, 6.45) is 4.96. The summed E-state index contributed by atoms with van der Waals surface area (Å²) in [6.45, 7) is 2.53. The van der Waals surface area contributed by atoms with Crippen molar-refractivity contribution in [3.63, 3.8) is 0 Å². The van der Waals surface area contributed by atoms with Crippen LogP contribution in [0.4, 0.5) is 0 Å². The zero-order valence-electron chi connectivity index (χ0n) is 18.2. The maximum Gasteiger partial charge on any atom is 0.305 e. The minimum atomic E-state index is -0.982. The first-order chi connectivity index (χ1) is 16.0. The molecule has 0 aliphatic heterocycles. The van der Waals surface area contributed by atoms with E-state index in [0.29, 0.717) is 17.8 Å². The number of aromatic nitrogens is 3. The Hall–Kier alpha value is -4.26. The summed E-state index contributed by atoms with van der Waals surface area (Å²) in [7, 11) is 0. The van der Waals surface area contributed by atoms with Crippen LogP contribution in [0.5, 0.6) is 0 Å². The molecule has 2 N–H and O–H groups in total. The minimum Gasteiger partial charge on any atom is -0.481 e. The van der Waals surface area contributed by atoms with Crippen molar-refractivity contribution in [3.05, 3.63) is 108 Å². The second-order valence-corrected chi connectivity index (χ2v) is 7.82. The van der Waals surface area contributed by atoms with Gasteiger partial charge in [-0.05, 0) is 35.7 Å². The van der Waals surface area contributed by atoms with Crippen LogP contribution in [0, 0.1) is 6.92 Å². The highest BCUT2D eigenvalue weighted by Crippen LogP contribution is 2.22. The monoisotopic (exact) mass is 440 g/mol. The molecule has 1 atom stereocenters. The summed E-state index contributed by atoms with van der Waals surface area (Å²) < 4.78 is 1.82. The van der Waals surface area contributed by atoms with Gasteiger partial charge in [-0.15, -0.1) is 0 Å². The van der Waals surface area contributed by atoms with E-state index in [1.54, 1.807) is 24.5 Å². The lowest BCUT2D eigenvalue weighted by atomic mass is 9.98. The summed E-state index contributed by atoms with van der Waals surface area (Å²) in [6, 6.07) is 20.1. The molecule has 0 radical (unpaired) electrons. The Morgan fingerprint density at radius 1 is 1.06 bits per heavy atom. The van der Waals surface area contributed by atoms with Crippen molar-refractivity contribution in [1.82, 2.24) is 20.1 Å². The highest BCUT2D eigenvalue weighted by atomic mass is 16.4. The lowest BCUT2D eigenvalue weighted by molar-refractivity contribution is -0.137. The Morgan fingerprint density at radius 2 is 1.82 bits per heavy atom. The van der Waals surface area contributed by atoms with Crippen LogP contribution in [0.1, 0.15) is 39.5 Å². The average molecular weight is 441 g/mol. The third-order valence-corrected chi connectivity index (χ3v) is 5.39. The quantitative estimate of drug-likeness (QED) is 0.427. The number of carboxylic acids is 1. The van der Waals surface area contributed by atoms with Gasteiger partial charge in [0.2, 0.25) is 0 Å². The van der Waals surface area contributed by atoms with Gasteiger partial charge in [0.1, 0.15) is 0 Å². The van der Waals surface area contributed by atoms with Crippen LogP contribution in [0.25, 0.3) is 11.3 Å². The van der Waals surface area contributed by atoms with E-state index >= 15 is 0 Å². The molecule has 2 aromatic carbocycles. The van der Waals surface area contributed by atoms with Crippen molar-refractivity contribution >= 4 is 11.9 Å².